The summed E-state index contributed by atoms with van der Waals surface area (Å²) >= 11 is 0. The number of aliphatic carboxylic acids is 1. The maximum atomic E-state index is 12.7. The summed E-state index contributed by atoms with van der Waals surface area (Å²) in [5.41, 5.74) is 2.62. The first kappa shape index (κ1) is 20.2. The molecule has 0 aliphatic rings. The molecular weight excluding hydrogens is 344 g/mol. The van der Waals surface area contributed by atoms with E-state index >= 15 is 0 Å². The highest BCUT2D eigenvalue weighted by molar-refractivity contribution is 6.01. The number of amides is 2. The second-order valence-corrected chi connectivity index (χ2v) is 6.82. The second-order valence-electron chi connectivity index (χ2n) is 6.82. The molecule has 142 valence electrons. The predicted octanol–water partition coefficient (Wildman–Crippen LogP) is 3.02. The van der Waals surface area contributed by atoms with Gasteiger partial charge in [-0.1, -0.05) is 43.7 Å². The lowest BCUT2D eigenvalue weighted by atomic mass is 10.0. The predicted molar refractivity (Wildman–Crippen MR) is 104 cm³/mol. The van der Waals surface area contributed by atoms with Gasteiger partial charge in [0, 0.05) is 11.3 Å². The van der Waals surface area contributed by atoms with E-state index in [1.807, 2.05) is 32.9 Å². The number of hydrogen-bond acceptors (Lipinski definition) is 3. The Labute approximate surface area is 158 Å². The highest BCUT2D eigenvalue weighted by atomic mass is 16.4. The van der Waals surface area contributed by atoms with Crippen molar-refractivity contribution in [3.63, 3.8) is 0 Å². The number of anilines is 1. The minimum absolute atomic E-state index is 0.124. The highest BCUT2D eigenvalue weighted by Crippen LogP contribution is 2.14. The first-order valence-electron chi connectivity index (χ1n) is 8.75. The maximum Gasteiger partial charge on any atom is 0.307 e. The van der Waals surface area contributed by atoms with E-state index in [9.17, 15) is 14.4 Å². The van der Waals surface area contributed by atoms with Crippen molar-refractivity contribution in [1.82, 2.24) is 5.32 Å². The van der Waals surface area contributed by atoms with Gasteiger partial charge in [0.2, 0.25) is 5.91 Å². The molecule has 27 heavy (non-hydrogen) atoms. The van der Waals surface area contributed by atoms with Gasteiger partial charge in [-0.15, -0.1) is 0 Å². The van der Waals surface area contributed by atoms with Gasteiger partial charge in [0.15, 0.2) is 0 Å². The van der Waals surface area contributed by atoms with E-state index in [0.717, 1.165) is 5.56 Å². The lowest BCUT2D eigenvalue weighted by Crippen LogP contribution is -2.47. The van der Waals surface area contributed by atoms with E-state index in [1.54, 1.807) is 36.4 Å². The SMILES string of the molecule is Cc1ccc(C(=O)NC(C(=O)Nc2cccc(CC(=O)O)c2)C(C)C)cc1. The molecule has 0 saturated carbocycles. The Morgan fingerprint density at radius 3 is 2.30 bits per heavy atom. The molecule has 0 aromatic heterocycles. The number of aryl methyl sites for hydroxylation is 1. The number of carboxylic acids is 1. The van der Waals surface area contributed by atoms with Gasteiger partial charge in [0.05, 0.1) is 6.42 Å². The molecule has 0 radical (unpaired) electrons. The van der Waals surface area contributed by atoms with Gasteiger partial charge < -0.3 is 15.7 Å². The second kappa shape index (κ2) is 8.98. The van der Waals surface area contributed by atoms with E-state index in [-0.39, 0.29) is 24.2 Å². The lowest BCUT2D eigenvalue weighted by molar-refractivity contribution is -0.136. The number of carboxylic acid groups (broad SMARTS) is 1. The third kappa shape index (κ3) is 5.95. The summed E-state index contributed by atoms with van der Waals surface area (Å²) in [6.07, 6.45) is -0.124. The Bertz CT molecular complexity index is 828. The Morgan fingerprint density at radius 2 is 1.70 bits per heavy atom. The Balaban J connectivity index is 2.09. The topological polar surface area (TPSA) is 95.5 Å². The fraction of sp³-hybridized carbons (Fsp3) is 0.286. The summed E-state index contributed by atoms with van der Waals surface area (Å²) in [5.74, 6) is -1.73. The van der Waals surface area contributed by atoms with Crippen LogP contribution in [0.2, 0.25) is 0 Å². The molecule has 0 spiro atoms. The zero-order valence-electron chi connectivity index (χ0n) is 15.7. The average molecular weight is 368 g/mol. The minimum Gasteiger partial charge on any atom is -0.481 e. The number of benzene rings is 2. The fourth-order valence-corrected chi connectivity index (χ4v) is 2.62. The van der Waals surface area contributed by atoms with Gasteiger partial charge in [-0.3, -0.25) is 14.4 Å². The van der Waals surface area contributed by atoms with Crippen molar-refractivity contribution >= 4 is 23.5 Å². The van der Waals surface area contributed by atoms with Crippen LogP contribution >= 0.6 is 0 Å². The molecule has 6 heteroatoms. The van der Waals surface area contributed by atoms with E-state index < -0.39 is 12.0 Å². The van der Waals surface area contributed by atoms with E-state index in [0.29, 0.717) is 16.8 Å². The number of carbonyl (C=O) groups is 3. The molecule has 1 unspecified atom stereocenters. The molecule has 0 aliphatic heterocycles. The molecule has 0 heterocycles. The van der Waals surface area contributed by atoms with E-state index in [4.69, 9.17) is 5.11 Å². The Hall–Kier alpha value is -3.15. The highest BCUT2D eigenvalue weighted by Gasteiger charge is 2.24. The first-order valence-corrected chi connectivity index (χ1v) is 8.75. The van der Waals surface area contributed by atoms with Crippen molar-refractivity contribution in [3.05, 3.63) is 65.2 Å². The van der Waals surface area contributed by atoms with E-state index in [2.05, 4.69) is 10.6 Å². The van der Waals surface area contributed by atoms with Crippen molar-refractivity contribution in [3.8, 4) is 0 Å². The molecule has 1 atom stereocenters. The van der Waals surface area contributed by atoms with Crippen LogP contribution in [0.4, 0.5) is 5.69 Å². The molecule has 3 N–H and O–H groups in total. The van der Waals surface area contributed by atoms with Gasteiger partial charge in [-0.05, 0) is 42.7 Å². The van der Waals surface area contributed by atoms with Crippen LogP contribution in [0, 0.1) is 12.8 Å². The third-order valence-electron chi connectivity index (χ3n) is 4.10. The van der Waals surface area contributed by atoms with Gasteiger partial charge in [-0.25, -0.2) is 0 Å². The normalized spacial score (nSPS) is 11.7. The molecule has 0 fully saturated rings. The summed E-state index contributed by atoms with van der Waals surface area (Å²) in [6.45, 7) is 5.63. The van der Waals surface area contributed by atoms with Gasteiger partial charge in [-0.2, -0.15) is 0 Å². The largest absolute Gasteiger partial charge is 0.481 e. The fourth-order valence-electron chi connectivity index (χ4n) is 2.62. The Morgan fingerprint density at radius 1 is 1.04 bits per heavy atom. The minimum atomic E-state index is -0.941. The number of rotatable bonds is 7. The third-order valence-corrected chi connectivity index (χ3v) is 4.10. The van der Waals surface area contributed by atoms with Crippen LogP contribution in [0.1, 0.15) is 35.3 Å². The quantitative estimate of drug-likeness (QED) is 0.700. The summed E-state index contributed by atoms with van der Waals surface area (Å²) in [5, 5.41) is 14.4. The number of nitrogens with one attached hydrogen (secondary N) is 2. The van der Waals surface area contributed by atoms with Crippen molar-refractivity contribution in [1.29, 1.82) is 0 Å². The summed E-state index contributed by atoms with van der Waals surface area (Å²) in [6, 6.07) is 13.1. The molecule has 2 amide bonds. The van der Waals surface area contributed by atoms with Crippen LogP contribution in [0.25, 0.3) is 0 Å². The molecule has 6 nitrogen and oxygen atoms in total. The number of carbonyl (C=O) groups excluding carboxylic acids is 2. The van der Waals surface area contributed by atoms with E-state index in [1.165, 1.54) is 0 Å². The van der Waals surface area contributed by atoms with Crippen LogP contribution < -0.4 is 10.6 Å². The van der Waals surface area contributed by atoms with Gasteiger partial charge in [0.25, 0.3) is 5.91 Å². The van der Waals surface area contributed by atoms with Crippen LogP contribution in [0.5, 0.6) is 0 Å². The summed E-state index contributed by atoms with van der Waals surface area (Å²) < 4.78 is 0. The molecule has 0 bridgehead atoms. The Kier molecular flexibility index (Phi) is 6.71. The monoisotopic (exact) mass is 368 g/mol. The lowest BCUT2D eigenvalue weighted by Gasteiger charge is -2.22. The summed E-state index contributed by atoms with van der Waals surface area (Å²) in [4.78, 5) is 36.0. The van der Waals surface area contributed by atoms with Crippen LogP contribution in [0.15, 0.2) is 48.5 Å². The standard InChI is InChI=1S/C21H24N2O4/c1-13(2)19(23-20(26)16-9-7-14(3)8-10-16)21(27)22-17-6-4-5-15(11-17)12-18(24)25/h4-11,13,19H,12H2,1-3H3,(H,22,27)(H,23,26)(H,24,25). The molecular formula is C21H24N2O4. The molecule has 2 aromatic carbocycles. The van der Waals surface area contributed by atoms with Gasteiger partial charge in [0.1, 0.15) is 6.04 Å². The van der Waals surface area contributed by atoms with Crippen molar-refractivity contribution < 1.29 is 19.5 Å². The zero-order valence-corrected chi connectivity index (χ0v) is 15.7. The van der Waals surface area contributed by atoms with Crippen molar-refractivity contribution in [2.75, 3.05) is 5.32 Å². The molecule has 0 aliphatic carbocycles. The van der Waals surface area contributed by atoms with Crippen LogP contribution in [-0.2, 0) is 16.0 Å². The number of hydrogen-bond donors (Lipinski definition) is 3. The molecule has 0 saturated heterocycles. The van der Waals surface area contributed by atoms with Crippen LogP contribution in [-0.4, -0.2) is 28.9 Å². The van der Waals surface area contributed by atoms with Gasteiger partial charge >= 0.3 is 5.97 Å². The molecule has 2 rings (SSSR count). The molecule has 2 aromatic rings. The zero-order chi connectivity index (χ0) is 20.0. The van der Waals surface area contributed by atoms with Crippen LogP contribution in [0.3, 0.4) is 0 Å². The average Bonchev–Trinajstić information content (AvgIpc) is 2.59. The van der Waals surface area contributed by atoms with Crippen molar-refractivity contribution in [2.24, 2.45) is 5.92 Å². The smallest absolute Gasteiger partial charge is 0.307 e. The summed E-state index contributed by atoms with van der Waals surface area (Å²) in [7, 11) is 0. The first-order chi connectivity index (χ1) is 12.8. The maximum absolute atomic E-state index is 12.7. The van der Waals surface area contributed by atoms with Crippen molar-refractivity contribution in [2.45, 2.75) is 33.2 Å².